The van der Waals surface area contributed by atoms with Crippen LogP contribution in [0.2, 0.25) is 0 Å². The number of esters is 1. The number of alkyl halides is 2. The third-order valence-electron chi connectivity index (χ3n) is 7.05. The second kappa shape index (κ2) is 15.2. The molecule has 2 rings (SSSR count). The van der Waals surface area contributed by atoms with Crippen LogP contribution in [0.1, 0.15) is 96.0 Å². The van der Waals surface area contributed by atoms with E-state index in [1.54, 1.807) is 0 Å². The molecule has 0 heterocycles. The molecule has 0 radical (unpaired) electrons. The van der Waals surface area contributed by atoms with E-state index in [2.05, 4.69) is 0 Å². The van der Waals surface area contributed by atoms with Crippen LogP contribution in [-0.4, -0.2) is 30.9 Å². The quantitative estimate of drug-likeness (QED) is 0.174. The van der Waals surface area contributed by atoms with Crippen LogP contribution in [0.5, 0.6) is 0 Å². The van der Waals surface area contributed by atoms with Gasteiger partial charge in [-0.05, 0) is 50.0 Å². The normalized spacial score (nSPS) is 19.4. The molecule has 1 saturated carbocycles. The summed E-state index contributed by atoms with van der Waals surface area (Å²) in [6, 6.07) is 9.62. The Hall–Kier alpha value is -1.82. The zero-order valence-corrected chi connectivity index (χ0v) is 20.9. The van der Waals surface area contributed by atoms with Crippen LogP contribution in [0.25, 0.3) is 0 Å². The number of unbranched alkanes of at least 4 members (excludes halogenated alkanes) is 4. The number of hydrogen-bond donors (Lipinski definition) is 0. The number of benzene rings is 1. The van der Waals surface area contributed by atoms with E-state index in [-0.39, 0.29) is 30.0 Å². The van der Waals surface area contributed by atoms with E-state index < -0.39 is 12.0 Å². The highest BCUT2D eigenvalue weighted by Crippen LogP contribution is 2.38. The average molecular weight is 481 g/mol. The topological polar surface area (TPSA) is 52.6 Å². The molecular formula is C28H42F2O4. The Bertz CT molecular complexity index is 722. The number of carbonyl (C=O) groups excluding carboxylic acids is 2. The molecule has 0 bridgehead atoms. The lowest BCUT2D eigenvalue weighted by atomic mass is 9.85. The van der Waals surface area contributed by atoms with Gasteiger partial charge >= 0.3 is 5.97 Å². The minimum Gasteiger partial charge on any atom is -0.461 e. The summed E-state index contributed by atoms with van der Waals surface area (Å²) < 4.78 is 39.3. The van der Waals surface area contributed by atoms with Crippen LogP contribution >= 0.6 is 0 Å². The number of hydrogen-bond acceptors (Lipinski definition) is 4. The van der Waals surface area contributed by atoms with Crippen molar-refractivity contribution in [1.29, 1.82) is 0 Å². The zero-order chi connectivity index (χ0) is 24.8. The summed E-state index contributed by atoms with van der Waals surface area (Å²) in [6.07, 6.45) is 7.07. The highest BCUT2D eigenvalue weighted by molar-refractivity contribution is 5.83. The van der Waals surface area contributed by atoms with Crippen molar-refractivity contribution in [3.63, 3.8) is 0 Å². The number of methoxy groups -OCH3 is 1. The van der Waals surface area contributed by atoms with Gasteiger partial charge in [0.2, 0.25) is 0 Å². The molecule has 1 aliphatic rings. The molecule has 0 aromatic heterocycles. The van der Waals surface area contributed by atoms with Gasteiger partial charge in [0.1, 0.15) is 18.5 Å². The molecular weight excluding hydrogens is 438 g/mol. The number of ketones is 1. The standard InChI is InChI=1S/C28H42F2O4/c1-3-4-20-28(29,30)26(33-2)19-17-23-16-18-25(31)24(23)14-10-5-6-11-15-27(32)34-21-22-12-8-7-9-13-22/h7-9,12-13,23-24,26H,3-6,10-11,14-21H2,1-2H3/t23-,24-,26?/m1/s1. The van der Waals surface area contributed by atoms with Gasteiger partial charge in [-0.1, -0.05) is 62.9 Å². The second-order valence-electron chi connectivity index (χ2n) is 9.64. The van der Waals surface area contributed by atoms with Gasteiger partial charge < -0.3 is 9.47 Å². The molecule has 1 unspecified atom stereocenters. The van der Waals surface area contributed by atoms with E-state index in [0.29, 0.717) is 38.7 Å². The van der Waals surface area contributed by atoms with Gasteiger partial charge in [0.05, 0.1) is 0 Å². The summed E-state index contributed by atoms with van der Waals surface area (Å²) in [5.41, 5.74) is 0.980. The molecule has 0 spiro atoms. The lowest BCUT2D eigenvalue weighted by Crippen LogP contribution is -2.35. The van der Waals surface area contributed by atoms with Crippen LogP contribution in [0.4, 0.5) is 8.78 Å². The SMILES string of the molecule is CCCCC(F)(F)C(CC[C@H]1CCC(=O)[C@@H]1CCCCCCC(=O)OCc1ccccc1)OC. The van der Waals surface area contributed by atoms with Crippen molar-refractivity contribution in [3.8, 4) is 0 Å². The maximum Gasteiger partial charge on any atom is 0.306 e. The Morgan fingerprint density at radius 2 is 1.82 bits per heavy atom. The van der Waals surface area contributed by atoms with E-state index in [1.165, 1.54) is 7.11 Å². The number of ether oxygens (including phenoxy) is 2. The van der Waals surface area contributed by atoms with Crippen molar-refractivity contribution in [3.05, 3.63) is 35.9 Å². The highest BCUT2D eigenvalue weighted by Gasteiger charge is 2.41. The lowest BCUT2D eigenvalue weighted by molar-refractivity contribution is -0.145. The number of halogens is 2. The molecule has 0 N–H and O–H groups in total. The molecule has 0 aliphatic heterocycles. The molecule has 1 aliphatic carbocycles. The number of Topliss-reactive ketones (excluding diaryl/α,β-unsaturated/α-hetero) is 1. The Balaban J connectivity index is 1.63. The molecule has 3 atom stereocenters. The van der Waals surface area contributed by atoms with Crippen LogP contribution in [-0.2, 0) is 25.7 Å². The predicted molar refractivity (Wildman–Crippen MR) is 130 cm³/mol. The van der Waals surface area contributed by atoms with E-state index >= 15 is 0 Å². The van der Waals surface area contributed by atoms with Crippen molar-refractivity contribution in [2.24, 2.45) is 11.8 Å². The Morgan fingerprint density at radius 1 is 1.09 bits per heavy atom. The van der Waals surface area contributed by atoms with E-state index in [1.807, 2.05) is 37.3 Å². The summed E-state index contributed by atoms with van der Waals surface area (Å²) >= 11 is 0. The van der Waals surface area contributed by atoms with Gasteiger partial charge in [0, 0.05) is 32.3 Å². The summed E-state index contributed by atoms with van der Waals surface area (Å²) in [7, 11) is 1.36. The minimum atomic E-state index is -2.81. The third-order valence-corrected chi connectivity index (χ3v) is 7.05. The molecule has 4 nitrogen and oxygen atoms in total. The molecule has 0 amide bonds. The van der Waals surface area contributed by atoms with Crippen molar-refractivity contribution in [2.75, 3.05) is 7.11 Å². The van der Waals surface area contributed by atoms with Crippen LogP contribution in [0.3, 0.4) is 0 Å². The maximum atomic E-state index is 14.4. The average Bonchev–Trinajstić information content (AvgIpc) is 3.18. The Kier molecular flexibility index (Phi) is 12.7. The summed E-state index contributed by atoms with van der Waals surface area (Å²) in [5, 5.41) is 0. The predicted octanol–water partition coefficient (Wildman–Crippen LogP) is 7.29. The maximum absolute atomic E-state index is 14.4. The van der Waals surface area contributed by atoms with Crippen LogP contribution in [0.15, 0.2) is 30.3 Å². The monoisotopic (exact) mass is 480 g/mol. The first-order valence-corrected chi connectivity index (χ1v) is 13.0. The molecule has 1 aromatic rings. The minimum absolute atomic E-state index is 0.0161. The van der Waals surface area contributed by atoms with E-state index in [4.69, 9.17) is 9.47 Å². The summed E-state index contributed by atoms with van der Waals surface area (Å²) in [4.78, 5) is 24.3. The van der Waals surface area contributed by atoms with Crippen LogP contribution in [0, 0.1) is 11.8 Å². The first-order valence-electron chi connectivity index (χ1n) is 13.0. The summed E-state index contributed by atoms with van der Waals surface area (Å²) in [5.74, 6) is -2.55. The molecule has 1 aromatic carbocycles. The fourth-order valence-corrected chi connectivity index (χ4v) is 4.96. The van der Waals surface area contributed by atoms with Gasteiger partial charge in [0.25, 0.3) is 5.92 Å². The highest BCUT2D eigenvalue weighted by atomic mass is 19.3. The van der Waals surface area contributed by atoms with Crippen LogP contribution < -0.4 is 0 Å². The fourth-order valence-electron chi connectivity index (χ4n) is 4.96. The third kappa shape index (κ3) is 9.81. The largest absolute Gasteiger partial charge is 0.461 e. The number of carbonyl (C=O) groups is 2. The Labute approximate surface area is 203 Å². The van der Waals surface area contributed by atoms with Crippen molar-refractivity contribution in [2.45, 2.75) is 109 Å². The summed E-state index contributed by atoms with van der Waals surface area (Å²) in [6.45, 7) is 2.21. The smallest absolute Gasteiger partial charge is 0.306 e. The second-order valence-corrected chi connectivity index (χ2v) is 9.64. The van der Waals surface area contributed by atoms with Gasteiger partial charge in [0.15, 0.2) is 0 Å². The van der Waals surface area contributed by atoms with E-state index in [0.717, 1.165) is 50.5 Å². The first-order chi connectivity index (χ1) is 16.4. The fraction of sp³-hybridized carbons (Fsp3) is 0.714. The van der Waals surface area contributed by atoms with Gasteiger partial charge in [-0.2, -0.15) is 0 Å². The van der Waals surface area contributed by atoms with Gasteiger partial charge in [-0.25, -0.2) is 8.78 Å². The first kappa shape index (κ1) is 28.4. The molecule has 192 valence electrons. The van der Waals surface area contributed by atoms with Crippen molar-refractivity contribution in [1.82, 2.24) is 0 Å². The molecule has 6 heteroatoms. The van der Waals surface area contributed by atoms with Crippen molar-refractivity contribution < 1.29 is 27.8 Å². The zero-order valence-electron chi connectivity index (χ0n) is 20.9. The molecule has 1 fully saturated rings. The van der Waals surface area contributed by atoms with E-state index in [9.17, 15) is 18.4 Å². The van der Waals surface area contributed by atoms with Crippen molar-refractivity contribution >= 4 is 11.8 Å². The number of rotatable bonds is 17. The molecule has 34 heavy (non-hydrogen) atoms. The Morgan fingerprint density at radius 3 is 2.53 bits per heavy atom. The van der Waals surface area contributed by atoms with Gasteiger partial charge in [-0.15, -0.1) is 0 Å². The molecule has 0 saturated heterocycles. The van der Waals surface area contributed by atoms with Gasteiger partial charge in [-0.3, -0.25) is 9.59 Å². The lowest BCUT2D eigenvalue weighted by Gasteiger charge is -2.27.